The van der Waals surface area contributed by atoms with E-state index in [0.29, 0.717) is 20.3 Å². The van der Waals surface area contributed by atoms with E-state index in [1.54, 1.807) is 30.3 Å². The number of hydrogen-bond donors (Lipinski definition) is 2. The Hall–Kier alpha value is -2.12. The first-order chi connectivity index (χ1) is 11.8. The van der Waals surface area contributed by atoms with Crippen LogP contribution in [-0.2, 0) is 0 Å². The third-order valence-electron chi connectivity index (χ3n) is 3.57. The predicted molar refractivity (Wildman–Crippen MR) is 103 cm³/mol. The number of anilines is 2. The molecule has 128 valence electrons. The Bertz CT molecular complexity index is 946. The molecule has 25 heavy (non-hydrogen) atoms. The minimum Gasteiger partial charge on any atom is -0.451 e. The molecule has 0 aliphatic rings. The molecule has 2 aromatic carbocycles. The molecule has 0 spiro atoms. The summed E-state index contributed by atoms with van der Waals surface area (Å²) in [5.74, 6) is -0.506. The zero-order chi connectivity index (χ0) is 18.1. The molecule has 1 amide bonds. The third-order valence-corrected chi connectivity index (χ3v) is 4.69. The molecule has 3 aromatic rings. The van der Waals surface area contributed by atoms with Crippen molar-refractivity contribution < 1.29 is 13.6 Å². The van der Waals surface area contributed by atoms with E-state index in [-0.39, 0.29) is 17.1 Å². The predicted octanol–water partition coefficient (Wildman–Crippen LogP) is 5.75. The fourth-order valence-corrected chi connectivity index (χ4v) is 3.41. The molecule has 0 aliphatic carbocycles. The summed E-state index contributed by atoms with van der Waals surface area (Å²) in [6, 6.07) is 11.2. The van der Waals surface area contributed by atoms with E-state index in [2.05, 4.69) is 37.2 Å². The number of furan rings is 1. The van der Waals surface area contributed by atoms with Crippen molar-refractivity contribution in [2.45, 2.75) is 6.92 Å². The highest BCUT2D eigenvalue weighted by molar-refractivity contribution is 9.10. The van der Waals surface area contributed by atoms with Crippen molar-refractivity contribution in [1.29, 1.82) is 0 Å². The van der Waals surface area contributed by atoms with Gasteiger partial charge in [-0.3, -0.25) is 4.79 Å². The van der Waals surface area contributed by atoms with E-state index in [1.807, 2.05) is 6.92 Å². The van der Waals surface area contributed by atoms with Crippen LogP contribution in [0.15, 0.2) is 55.8 Å². The topological polar surface area (TPSA) is 68.3 Å². The Labute approximate surface area is 160 Å². The van der Waals surface area contributed by atoms with Crippen LogP contribution in [0.5, 0.6) is 0 Å². The number of hydrogen-bond acceptors (Lipinski definition) is 3. The lowest BCUT2D eigenvalue weighted by Crippen LogP contribution is -2.12. The van der Waals surface area contributed by atoms with E-state index >= 15 is 0 Å². The maximum atomic E-state index is 14.0. The molecule has 0 bridgehead atoms. The fraction of sp³-hybridized carbons (Fsp3) is 0.0556. The van der Waals surface area contributed by atoms with Gasteiger partial charge in [0.05, 0.1) is 11.3 Å². The standard InChI is InChI=1S/C18H13Br2FN2O2/c1-9-6-11(22)8-13(20)17(9)23-18(24)16-5-4-15(25-16)12-3-2-10(19)7-14(12)21/h2-8H,22H2,1H3,(H,23,24). The average molecular weight is 468 g/mol. The zero-order valence-electron chi connectivity index (χ0n) is 13.1. The number of nitrogens with two attached hydrogens (primary N) is 1. The van der Waals surface area contributed by atoms with Gasteiger partial charge in [-0.2, -0.15) is 0 Å². The Morgan fingerprint density at radius 1 is 1.16 bits per heavy atom. The van der Waals surface area contributed by atoms with Gasteiger partial charge in [-0.25, -0.2) is 4.39 Å². The van der Waals surface area contributed by atoms with Crippen LogP contribution < -0.4 is 11.1 Å². The Morgan fingerprint density at radius 3 is 2.60 bits per heavy atom. The van der Waals surface area contributed by atoms with Crippen LogP contribution in [0.25, 0.3) is 11.3 Å². The molecular weight excluding hydrogens is 455 g/mol. The number of aryl methyl sites for hydroxylation is 1. The Balaban J connectivity index is 1.86. The second-order valence-corrected chi connectivity index (χ2v) is 7.21. The smallest absolute Gasteiger partial charge is 0.291 e. The number of carbonyl (C=O) groups excluding carboxylic acids is 1. The summed E-state index contributed by atoms with van der Waals surface area (Å²) in [6.45, 7) is 1.83. The minimum atomic E-state index is -0.437. The zero-order valence-corrected chi connectivity index (χ0v) is 16.2. The number of halogens is 3. The molecule has 1 heterocycles. The van der Waals surface area contributed by atoms with Crippen molar-refractivity contribution >= 4 is 49.1 Å². The van der Waals surface area contributed by atoms with Gasteiger partial charge in [0.2, 0.25) is 0 Å². The van der Waals surface area contributed by atoms with Gasteiger partial charge >= 0.3 is 0 Å². The second kappa shape index (κ2) is 7.01. The number of nitrogen functional groups attached to an aromatic ring is 1. The highest BCUT2D eigenvalue weighted by Crippen LogP contribution is 2.31. The SMILES string of the molecule is Cc1cc(N)cc(Br)c1NC(=O)c1ccc(-c2ccc(Br)cc2F)o1. The number of carbonyl (C=O) groups is 1. The summed E-state index contributed by atoms with van der Waals surface area (Å²) in [5.41, 5.74) is 8.05. The summed E-state index contributed by atoms with van der Waals surface area (Å²) in [6.07, 6.45) is 0. The lowest BCUT2D eigenvalue weighted by molar-refractivity contribution is 0.0997. The van der Waals surface area contributed by atoms with Crippen molar-refractivity contribution in [1.82, 2.24) is 0 Å². The molecule has 0 aliphatic heterocycles. The summed E-state index contributed by atoms with van der Waals surface area (Å²) in [5, 5.41) is 2.77. The van der Waals surface area contributed by atoms with Gasteiger partial charge in [0.1, 0.15) is 11.6 Å². The van der Waals surface area contributed by atoms with E-state index in [4.69, 9.17) is 10.2 Å². The minimum absolute atomic E-state index is 0.0837. The Kier molecular flexibility index (Phi) is 4.96. The first kappa shape index (κ1) is 17.7. The molecule has 0 saturated carbocycles. The summed E-state index contributed by atoms with van der Waals surface area (Å²) >= 11 is 6.58. The molecule has 7 heteroatoms. The van der Waals surface area contributed by atoms with Crippen molar-refractivity contribution in [3.8, 4) is 11.3 Å². The maximum Gasteiger partial charge on any atom is 0.291 e. The molecule has 4 nitrogen and oxygen atoms in total. The monoisotopic (exact) mass is 466 g/mol. The van der Waals surface area contributed by atoms with Gasteiger partial charge in [-0.1, -0.05) is 15.9 Å². The summed E-state index contributed by atoms with van der Waals surface area (Å²) in [4.78, 5) is 12.4. The van der Waals surface area contributed by atoms with Gasteiger partial charge in [-0.05, 0) is 70.9 Å². The van der Waals surface area contributed by atoms with Crippen molar-refractivity contribution in [2.24, 2.45) is 0 Å². The van der Waals surface area contributed by atoms with Crippen LogP contribution in [-0.4, -0.2) is 5.91 Å². The average Bonchev–Trinajstić information content (AvgIpc) is 3.00. The Morgan fingerprint density at radius 2 is 1.92 bits per heavy atom. The largest absolute Gasteiger partial charge is 0.451 e. The quantitative estimate of drug-likeness (QED) is 0.481. The van der Waals surface area contributed by atoms with Crippen LogP contribution in [0.2, 0.25) is 0 Å². The van der Waals surface area contributed by atoms with Crippen LogP contribution in [0.4, 0.5) is 15.8 Å². The normalized spacial score (nSPS) is 10.7. The summed E-state index contributed by atoms with van der Waals surface area (Å²) in [7, 11) is 0. The van der Waals surface area contributed by atoms with Crippen LogP contribution in [0.3, 0.4) is 0 Å². The van der Waals surface area contributed by atoms with E-state index < -0.39 is 11.7 Å². The molecule has 3 N–H and O–H groups in total. The first-order valence-corrected chi connectivity index (χ1v) is 8.86. The molecule has 0 unspecified atom stereocenters. The van der Waals surface area contributed by atoms with Gasteiger partial charge in [0.15, 0.2) is 5.76 Å². The van der Waals surface area contributed by atoms with Crippen molar-refractivity contribution in [2.75, 3.05) is 11.1 Å². The highest BCUT2D eigenvalue weighted by atomic mass is 79.9. The molecule has 1 aromatic heterocycles. The second-order valence-electron chi connectivity index (χ2n) is 5.44. The molecule has 0 radical (unpaired) electrons. The first-order valence-electron chi connectivity index (χ1n) is 7.27. The lowest BCUT2D eigenvalue weighted by Gasteiger charge is -2.10. The number of rotatable bonds is 3. The molecular formula is C18H13Br2FN2O2. The maximum absolute atomic E-state index is 14.0. The molecule has 0 atom stereocenters. The van der Waals surface area contributed by atoms with E-state index in [1.165, 1.54) is 12.1 Å². The van der Waals surface area contributed by atoms with Gasteiger partial charge < -0.3 is 15.5 Å². The van der Waals surface area contributed by atoms with Gasteiger partial charge in [0, 0.05) is 14.6 Å². The van der Waals surface area contributed by atoms with Gasteiger partial charge in [-0.15, -0.1) is 0 Å². The van der Waals surface area contributed by atoms with Crippen molar-refractivity contribution in [3.05, 3.63) is 68.6 Å². The highest BCUT2D eigenvalue weighted by Gasteiger charge is 2.17. The van der Waals surface area contributed by atoms with Crippen molar-refractivity contribution in [3.63, 3.8) is 0 Å². The molecule has 0 saturated heterocycles. The van der Waals surface area contributed by atoms with Gasteiger partial charge in [0.25, 0.3) is 5.91 Å². The number of nitrogens with one attached hydrogen (secondary N) is 1. The van der Waals surface area contributed by atoms with Crippen LogP contribution >= 0.6 is 31.9 Å². The lowest BCUT2D eigenvalue weighted by atomic mass is 10.1. The van der Waals surface area contributed by atoms with E-state index in [9.17, 15) is 9.18 Å². The van der Waals surface area contributed by atoms with E-state index in [0.717, 1.165) is 5.56 Å². The number of benzene rings is 2. The summed E-state index contributed by atoms with van der Waals surface area (Å²) < 4.78 is 20.8. The molecule has 3 rings (SSSR count). The van der Waals surface area contributed by atoms with Crippen LogP contribution in [0.1, 0.15) is 16.1 Å². The third kappa shape index (κ3) is 3.77. The van der Waals surface area contributed by atoms with Crippen LogP contribution in [0, 0.1) is 12.7 Å². The number of amides is 1. The molecule has 0 fully saturated rings. The fourth-order valence-electron chi connectivity index (χ4n) is 2.40.